The van der Waals surface area contributed by atoms with Gasteiger partial charge in [-0.2, -0.15) is 0 Å². The molecule has 0 fully saturated rings. The number of halogens is 1. The van der Waals surface area contributed by atoms with Crippen molar-refractivity contribution in [1.29, 1.82) is 0 Å². The Morgan fingerprint density at radius 3 is 2.56 bits per heavy atom. The zero-order chi connectivity index (χ0) is 17.7. The number of rotatable bonds is 12. The average Bonchev–Trinajstić information content (AvgIpc) is 2.64. The summed E-state index contributed by atoms with van der Waals surface area (Å²) in [6.45, 7) is 6.23. The van der Waals surface area contributed by atoms with E-state index in [-0.39, 0.29) is 0 Å². The predicted octanol–water partition coefficient (Wildman–Crippen LogP) is 5.22. The summed E-state index contributed by atoms with van der Waals surface area (Å²) < 4.78 is 11.4. The molecule has 0 amide bonds. The van der Waals surface area contributed by atoms with Crippen molar-refractivity contribution in [3.05, 3.63) is 64.7 Å². The van der Waals surface area contributed by atoms with Gasteiger partial charge in [-0.25, -0.2) is 0 Å². The Morgan fingerprint density at radius 1 is 0.960 bits per heavy atom. The number of ether oxygens (including phenoxy) is 2. The van der Waals surface area contributed by atoms with Crippen molar-refractivity contribution >= 4 is 11.6 Å². The Balaban J connectivity index is 1.65. The minimum absolute atomic E-state index is 0.545. The van der Waals surface area contributed by atoms with E-state index < -0.39 is 0 Å². The largest absolute Gasteiger partial charge is 0.489 e. The van der Waals surface area contributed by atoms with Crippen molar-refractivity contribution in [2.24, 2.45) is 0 Å². The lowest BCUT2D eigenvalue weighted by atomic mass is 10.2. The number of benzene rings is 2. The minimum Gasteiger partial charge on any atom is -0.489 e. The number of unbranched alkanes of at least 4 members (excludes halogenated alkanes) is 1. The van der Waals surface area contributed by atoms with E-state index >= 15 is 0 Å². The molecule has 4 heteroatoms. The molecule has 0 spiro atoms. The Hall–Kier alpha value is -1.55. The van der Waals surface area contributed by atoms with Gasteiger partial charge in [-0.1, -0.05) is 49.2 Å². The van der Waals surface area contributed by atoms with Gasteiger partial charge >= 0.3 is 0 Å². The van der Waals surface area contributed by atoms with Crippen LogP contribution in [0.15, 0.2) is 48.5 Å². The van der Waals surface area contributed by atoms with Gasteiger partial charge in [-0.15, -0.1) is 0 Å². The van der Waals surface area contributed by atoms with E-state index in [9.17, 15) is 0 Å². The van der Waals surface area contributed by atoms with Crippen LogP contribution in [0.25, 0.3) is 0 Å². The van der Waals surface area contributed by atoms with E-state index in [4.69, 9.17) is 21.1 Å². The highest BCUT2D eigenvalue weighted by Crippen LogP contribution is 2.16. The second-order valence-electron chi connectivity index (χ2n) is 6.06. The molecule has 0 aliphatic heterocycles. The minimum atomic E-state index is 0.545. The van der Waals surface area contributed by atoms with Gasteiger partial charge in [0.15, 0.2) is 0 Å². The van der Waals surface area contributed by atoms with Crippen LogP contribution >= 0.6 is 11.6 Å². The number of hydrogen-bond acceptors (Lipinski definition) is 3. The lowest BCUT2D eigenvalue weighted by Gasteiger charge is -2.09. The first kappa shape index (κ1) is 19.8. The van der Waals surface area contributed by atoms with E-state index in [1.165, 1.54) is 12.0 Å². The fourth-order valence-electron chi connectivity index (χ4n) is 2.37. The molecule has 25 heavy (non-hydrogen) atoms. The summed E-state index contributed by atoms with van der Waals surface area (Å²) in [7, 11) is 0. The van der Waals surface area contributed by atoms with Crippen molar-refractivity contribution in [3.8, 4) is 5.75 Å². The predicted molar refractivity (Wildman–Crippen MR) is 104 cm³/mol. The van der Waals surface area contributed by atoms with Crippen LogP contribution in [-0.4, -0.2) is 19.8 Å². The third kappa shape index (κ3) is 8.39. The second-order valence-corrected chi connectivity index (χ2v) is 6.50. The molecule has 136 valence electrons. The molecule has 0 aliphatic carbocycles. The highest BCUT2D eigenvalue weighted by atomic mass is 35.5. The third-order valence-electron chi connectivity index (χ3n) is 3.83. The van der Waals surface area contributed by atoms with Gasteiger partial charge in [0.1, 0.15) is 12.4 Å². The molecule has 0 saturated heterocycles. The molecular weight excluding hydrogens is 334 g/mol. The summed E-state index contributed by atoms with van der Waals surface area (Å²) in [5.74, 6) is 0.886. The molecule has 0 radical (unpaired) electrons. The Kier molecular flexibility index (Phi) is 9.42. The lowest BCUT2D eigenvalue weighted by Crippen LogP contribution is -2.16. The summed E-state index contributed by atoms with van der Waals surface area (Å²) in [5.41, 5.74) is 2.33. The Bertz CT molecular complexity index is 601. The summed E-state index contributed by atoms with van der Waals surface area (Å²) in [6, 6.07) is 15.9. The van der Waals surface area contributed by atoms with Crippen LogP contribution < -0.4 is 10.1 Å². The topological polar surface area (TPSA) is 30.5 Å². The van der Waals surface area contributed by atoms with Crippen LogP contribution in [-0.2, 0) is 17.9 Å². The van der Waals surface area contributed by atoms with Gasteiger partial charge in [-0.05, 0) is 54.8 Å². The van der Waals surface area contributed by atoms with Crippen LogP contribution in [0.4, 0.5) is 0 Å². The molecule has 2 aromatic rings. The van der Waals surface area contributed by atoms with Crippen molar-refractivity contribution in [3.63, 3.8) is 0 Å². The highest BCUT2D eigenvalue weighted by Gasteiger charge is 1.99. The molecule has 2 aromatic carbocycles. The molecule has 2 rings (SSSR count). The fraction of sp³-hybridized carbons (Fsp3) is 0.429. The smallest absolute Gasteiger partial charge is 0.120 e. The maximum Gasteiger partial charge on any atom is 0.120 e. The van der Waals surface area contributed by atoms with Crippen LogP contribution in [0.2, 0.25) is 5.02 Å². The number of hydrogen-bond donors (Lipinski definition) is 1. The molecule has 0 heterocycles. The molecule has 3 nitrogen and oxygen atoms in total. The molecule has 0 saturated carbocycles. The van der Waals surface area contributed by atoms with E-state index in [1.807, 2.05) is 36.4 Å². The average molecular weight is 362 g/mol. The molecule has 0 aromatic heterocycles. The van der Waals surface area contributed by atoms with E-state index in [1.54, 1.807) is 0 Å². The number of nitrogens with one attached hydrogen (secondary N) is 1. The first-order valence-electron chi connectivity index (χ1n) is 9.02. The maximum absolute atomic E-state index is 5.90. The lowest BCUT2D eigenvalue weighted by molar-refractivity contribution is 0.129. The van der Waals surface area contributed by atoms with Gasteiger partial charge in [0.2, 0.25) is 0 Å². The van der Waals surface area contributed by atoms with Crippen LogP contribution in [0.5, 0.6) is 5.75 Å². The van der Waals surface area contributed by atoms with Crippen molar-refractivity contribution < 1.29 is 9.47 Å². The van der Waals surface area contributed by atoms with Gasteiger partial charge in [0, 0.05) is 24.8 Å². The molecule has 0 atom stereocenters. The van der Waals surface area contributed by atoms with Crippen LogP contribution in [0, 0.1) is 0 Å². The van der Waals surface area contributed by atoms with Gasteiger partial charge in [0.25, 0.3) is 0 Å². The molecule has 1 N–H and O–H groups in total. The van der Waals surface area contributed by atoms with Gasteiger partial charge < -0.3 is 14.8 Å². The Morgan fingerprint density at radius 2 is 1.76 bits per heavy atom. The van der Waals surface area contributed by atoms with Crippen LogP contribution in [0.1, 0.15) is 37.3 Å². The first-order chi connectivity index (χ1) is 12.3. The maximum atomic E-state index is 5.90. The van der Waals surface area contributed by atoms with Gasteiger partial charge in [-0.3, -0.25) is 0 Å². The normalized spacial score (nSPS) is 10.8. The van der Waals surface area contributed by atoms with E-state index in [2.05, 4.69) is 24.4 Å². The standard InChI is InChI=1S/C21H28ClNO2/c1-2-3-13-24-14-5-12-23-16-19-6-4-7-21(15-19)25-17-18-8-10-20(22)11-9-18/h4,6-11,15,23H,2-3,5,12-14,16-17H2,1H3. The molecule has 0 aliphatic rings. The summed E-state index contributed by atoms with van der Waals surface area (Å²) >= 11 is 5.90. The van der Waals surface area contributed by atoms with Crippen molar-refractivity contribution in [2.75, 3.05) is 19.8 Å². The SMILES string of the molecule is CCCCOCCCNCc1cccc(OCc2ccc(Cl)cc2)c1. The monoisotopic (exact) mass is 361 g/mol. The van der Waals surface area contributed by atoms with Gasteiger partial charge in [0.05, 0.1) is 0 Å². The second kappa shape index (κ2) is 11.9. The summed E-state index contributed by atoms with van der Waals surface area (Å²) in [5, 5.41) is 4.19. The highest BCUT2D eigenvalue weighted by molar-refractivity contribution is 6.30. The van der Waals surface area contributed by atoms with E-state index in [0.29, 0.717) is 6.61 Å². The summed E-state index contributed by atoms with van der Waals surface area (Å²) in [4.78, 5) is 0. The third-order valence-corrected chi connectivity index (χ3v) is 4.08. The first-order valence-corrected chi connectivity index (χ1v) is 9.40. The zero-order valence-electron chi connectivity index (χ0n) is 15.0. The molecule has 0 bridgehead atoms. The molecule has 0 unspecified atom stereocenters. The fourth-order valence-corrected chi connectivity index (χ4v) is 2.50. The quantitative estimate of drug-likeness (QED) is 0.526. The summed E-state index contributed by atoms with van der Waals surface area (Å²) in [6.07, 6.45) is 3.38. The van der Waals surface area contributed by atoms with Crippen LogP contribution in [0.3, 0.4) is 0 Å². The molecular formula is C21H28ClNO2. The van der Waals surface area contributed by atoms with E-state index in [0.717, 1.165) is 55.5 Å². The van der Waals surface area contributed by atoms with Crippen molar-refractivity contribution in [1.82, 2.24) is 5.32 Å². The zero-order valence-corrected chi connectivity index (χ0v) is 15.7. The van der Waals surface area contributed by atoms with Crippen molar-refractivity contribution in [2.45, 2.75) is 39.3 Å². The Labute approximate surface area is 156 Å².